The number of aliphatic imine (C=N–C) groups is 1. The molecule has 0 bridgehead atoms. The van der Waals surface area contributed by atoms with E-state index >= 15 is 0 Å². The number of nitrogens with one attached hydrogen (secondary N) is 2. The molecule has 0 aliphatic carbocycles. The molecule has 1 saturated heterocycles. The van der Waals surface area contributed by atoms with Crippen LogP contribution in [0.25, 0.3) is 0 Å². The molecule has 6 nitrogen and oxygen atoms in total. The van der Waals surface area contributed by atoms with Crippen LogP contribution in [-0.4, -0.2) is 70.5 Å². The van der Waals surface area contributed by atoms with Crippen molar-refractivity contribution in [1.82, 2.24) is 15.5 Å². The molecular weight excluding hydrogens is 451 g/mol. The third kappa shape index (κ3) is 8.21. The Morgan fingerprint density at radius 3 is 2.84 bits per heavy atom. The Bertz CT molecular complexity index is 467. The van der Waals surface area contributed by atoms with E-state index in [1.807, 2.05) is 25.3 Å². The molecule has 0 saturated carbocycles. The molecule has 0 spiro atoms. The summed E-state index contributed by atoms with van der Waals surface area (Å²) in [5, 5.41) is 8.96. The Balaban J connectivity index is 0.00000312. The minimum Gasteiger partial charge on any atom is -0.382 e. The zero-order valence-corrected chi connectivity index (χ0v) is 18.3. The standard InChI is InChI=1S/C17H30N4O2S.HI/c1-3-22-10-5-7-19-17(18-2)20-14-15(16-6-4-13-24-16)21-8-11-23-12-9-21;/h4,6,13,15H,3,5,7-12,14H2,1-2H3,(H2,18,19,20);1H. The maximum absolute atomic E-state index is 5.49. The van der Waals surface area contributed by atoms with E-state index in [0.29, 0.717) is 6.04 Å². The lowest BCUT2D eigenvalue weighted by Crippen LogP contribution is -2.46. The van der Waals surface area contributed by atoms with Crippen molar-refractivity contribution in [3.8, 4) is 0 Å². The largest absolute Gasteiger partial charge is 0.382 e. The van der Waals surface area contributed by atoms with E-state index in [1.54, 1.807) is 0 Å². The van der Waals surface area contributed by atoms with Crippen LogP contribution in [0.1, 0.15) is 24.3 Å². The van der Waals surface area contributed by atoms with Crippen molar-refractivity contribution in [3.63, 3.8) is 0 Å². The molecule has 144 valence electrons. The number of nitrogens with zero attached hydrogens (tertiary/aromatic N) is 2. The van der Waals surface area contributed by atoms with Gasteiger partial charge in [-0.25, -0.2) is 0 Å². The molecule has 2 rings (SSSR count). The van der Waals surface area contributed by atoms with Crippen molar-refractivity contribution < 1.29 is 9.47 Å². The molecule has 8 heteroatoms. The summed E-state index contributed by atoms with van der Waals surface area (Å²) in [6.07, 6.45) is 0.979. The highest BCUT2D eigenvalue weighted by atomic mass is 127. The van der Waals surface area contributed by atoms with Gasteiger partial charge in [-0.05, 0) is 24.8 Å². The summed E-state index contributed by atoms with van der Waals surface area (Å²) < 4.78 is 10.9. The molecule has 1 aliphatic heterocycles. The SMILES string of the molecule is CCOCCCNC(=NC)NCC(c1cccs1)N1CCOCC1.I. The van der Waals surface area contributed by atoms with Crippen molar-refractivity contribution >= 4 is 41.3 Å². The average Bonchev–Trinajstić information content (AvgIpc) is 3.15. The number of thiophene rings is 1. The van der Waals surface area contributed by atoms with Crippen LogP contribution in [0.15, 0.2) is 22.5 Å². The molecule has 0 radical (unpaired) electrons. The van der Waals surface area contributed by atoms with Gasteiger partial charge in [0.15, 0.2) is 5.96 Å². The molecule has 1 fully saturated rings. The summed E-state index contributed by atoms with van der Waals surface area (Å²) >= 11 is 1.81. The van der Waals surface area contributed by atoms with Crippen LogP contribution in [0.3, 0.4) is 0 Å². The molecule has 1 atom stereocenters. The summed E-state index contributed by atoms with van der Waals surface area (Å²) in [6, 6.07) is 4.69. The molecule has 2 heterocycles. The first-order valence-electron chi connectivity index (χ1n) is 8.72. The number of guanidine groups is 1. The van der Waals surface area contributed by atoms with E-state index in [1.165, 1.54) is 4.88 Å². The third-order valence-corrected chi connectivity index (χ3v) is 4.98. The number of hydrogen-bond acceptors (Lipinski definition) is 5. The number of hydrogen-bond donors (Lipinski definition) is 2. The van der Waals surface area contributed by atoms with Crippen molar-refractivity contribution in [2.24, 2.45) is 4.99 Å². The zero-order chi connectivity index (χ0) is 17.0. The Morgan fingerprint density at radius 1 is 1.40 bits per heavy atom. The van der Waals surface area contributed by atoms with E-state index in [2.05, 4.69) is 38.0 Å². The van der Waals surface area contributed by atoms with Crippen molar-refractivity contribution in [2.45, 2.75) is 19.4 Å². The summed E-state index contributed by atoms with van der Waals surface area (Å²) in [5.41, 5.74) is 0. The van der Waals surface area contributed by atoms with Gasteiger partial charge in [0, 0.05) is 51.3 Å². The van der Waals surface area contributed by atoms with Gasteiger partial charge in [0.1, 0.15) is 0 Å². The number of rotatable bonds is 9. The Kier molecular flexibility index (Phi) is 12.4. The molecule has 25 heavy (non-hydrogen) atoms. The maximum atomic E-state index is 5.49. The van der Waals surface area contributed by atoms with Crippen LogP contribution >= 0.6 is 35.3 Å². The van der Waals surface area contributed by atoms with E-state index in [4.69, 9.17) is 9.47 Å². The number of morpholine rings is 1. The Hall–Kier alpha value is -0.420. The first-order chi connectivity index (χ1) is 11.8. The molecule has 1 unspecified atom stereocenters. The van der Waals surface area contributed by atoms with E-state index in [9.17, 15) is 0 Å². The molecule has 1 aromatic rings. The fraction of sp³-hybridized carbons (Fsp3) is 0.706. The molecular formula is C17H31IN4O2S. The van der Waals surface area contributed by atoms with Gasteiger partial charge in [-0.1, -0.05) is 6.07 Å². The van der Waals surface area contributed by atoms with Gasteiger partial charge in [0.2, 0.25) is 0 Å². The first kappa shape index (κ1) is 22.6. The van der Waals surface area contributed by atoms with Gasteiger partial charge in [-0.3, -0.25) is 9.89 Å². The van der Waals surface area contributed by atoms with E-state index in [0.717, 1.165) is 65.0 Å². The molecule has 0 amide bonds. The van der Waals surface area contributed by atoms with Gasteiger partial charge < -0.3 is 20.1 Å². The van der Waals surface area contributed by atoms with Crippen LogP contribution in [0, 0.1) is 0 Å². The lowest BCUT2D eigenvalue weighted by Gasteiger charge is -2.34. The fourth-order valence-corrected chi connectivity index (χ4v) is 3.58. The average molecular weight is 482 g/mol. The Labute approximate surface area is 172 Å². The van der Waals surface area contributed by atoms with E-state index < -0.39 is 0 Å². The minimum absolute atomic E-state index is 0. The van der Waals surface area contributed by atoms with Crippen LogP contribution in [0.2, 0.25) is 0 Å². The second-order valence-corrected chi connectivity index (χ2v) is 6.59. The van der Waals surface area contributed by atoms with E-state index in [-0.39, 0.29) is 24.0 Å². The summed E-state index contributed by atoms with van der Waals surface area (Å²) in [4.78, 5) is 8.19. The van der Waals surface area contributed by atoms with Crippen LogP contribution < -0.4 is 10.6 Å². The zero-order valence-electron chi connectivity index (χ0n) is 15.2. The predicted octanol–water partition coefficient (Wildman–Crippen LogP) is 2.33. The topological polar surface area (TPSA) is 58.1 Å². The third-order valence-electron chi connectivity index (χ3n) is 4.01. The number of halogens is 1. The van der Waals surface area contributed by atoms with Crippen LogP contribution in [0.5, 0.6) is 0 Å². The second kappa shape index (κ2) is 13.7. The number of ether oxygens (including phenoxy) is 2. The van der Waals surface area contributed by atoms with Crippen molar-refractivity contribution in [1.29, 1.82) is 0 Å². The van der Waals surface area contributed by atoms with Gasteiger partial charge in [0.25, 0.3) is 0 Å². The monoisotopic (exact) mass is 482 g/mol. The van der Waals surface area contributed by atoms with Gasteiger partial charge in [-0.15, -0.1) is 35.3 Å². The highest BCUT2D eigenvalue weighted by molar-refractivity contribution is 14.0. The molecule has 1 aromatic heterocycles. The van der Waals surface area contributed by atoms with Gasteiger partial charge >= 0.3 is 0 Å². The van der Waals surface area contributed by atoms with Crippen molar-refractivity contribution in [2.75, 3.05) is 59.7 Å². The molecule has 2 N–H and O–H groups in total. The second-order valence-electron chi connectivity index (χ2n) is 5.61. The highest BCUT2D eigenvalue weighted by Gasteiger charge is 2.23. The maximum Gasteiger partial charge on any atom is 0.191 e. The first-order valence-corrected chi connectivity index (χ1v) is 9.60. The summed E-state index contributed by atoms with van der Waals surface area (Å²) in [7, 11) is 1.81. The lowest BCUT2D eigenvalue weighted by atomic mass is 10.2. The van der Waals surface area contributed by atoms with Gasteiger partial charge in [0.05, 0.1) is 19.3 Å². The van der Waals surface area contributed by atoms with Crippen LogP contribution in [0.4, 0.5) is 0 Å². The fourth-order valence-electron chi connectivity index (χ4n) is 2.72. The quantitative estimate of drug-likeness (QED) is 0.245. The normalized spacial score (nSPS) is 17.0. The van der Waals surface area contributed by atoms with Crippen molar-refractivity contribution in [3.05, 3.63) is 22.4 Å². The van der Waals surface area contributed by atoms with Gasteiger partial charge in [-0.2, -0.15) is 0 Å². The molecule has 0 aromatic carbocycles. The smallest absolute Gasteiger partial charge is 0.191 e. The highest BCUT2D eigenvalue weighted by Crippen LogP contribution is 2.25. The summed E-state index contributed by atoms with van der Waals surface area (Å²) in [5.74, 6) is 0.848. The predicted molar refractivity (Wildman–Crippen MR) is 115 cm³/mol. The van der Waals surface area contributed by atoms with Crippen LogP contribution in [-0.2, 0) is 9.47 Å². The molecule has 1 aliphatic rings. The minimum atomic E-state index is 0. The summed E-state index contributed by atoms with van der Waals surface area (Å²) in [6.45, 7) is 8.85. The lowest BCUT2D eigenvalue weighted by molar-refractivity contribution is 0.0177. The Morgan fingerprint density at radius 2 is 2.20 bits per heavy atom.